The molecule has 5 heteroatoms. The molecule has 17 heavy (non-hydrogen) atoms. The summed E-state index contributed by atoms with van der Waals surface area (Å²) in [5.41, 5.74) is 1.27. The smallest absolute Gasteiger partial charge is 0.133 e. The summed E-state index contributed by atoms with van der Waals surface area (Å²) in [5, 5.41) is 8.06. The van der Waals surface area contributed by atoms with E-state index in [1.165, 1.54) is 5.56 Å². The lowest BCUT2D eigenvalue weighted by atomic mass is 10.1. The zero-order chi connectivity index (χ0) is 11.9. The van der Waals surface area contributed by atoms with Crippen molar-refractivity contribution in [2.45, 2.75) is 19.4 Å². The molecule has 0 saturated carbocycles. The van der Waals surface area contributed by atoms with Crippen LogP contribution >= 0.6 is 0 Å². The van der Waals surface area contributed by atoms with E-state index in [9.17, 15) is 0 Å². The fourth-order valence-corrected chi connectivity index (χ4v) is 1.65. The maximum Gasteiger partial charge on any atom is 0.133 e. The maximum absolute atomic E-state index is 5.05. The zero-order valence-electron chi connectivity index (χ0n) is 9.91. The number of pyridine rings is 1. The van der Waals surface area contributed by atoms with E-state index in [1.54, 1.807) is 13.4 Å². The fourth-order valence-electron chi connectivity index (χ4n) is 1.65. The van der Waals surface area contributed by atoms with E-state index in [2.05, 4.69) is 15.2 Å². The average Bonchev–Trinajstić information content (AvgIpc) is 2.82. The molecule has 5 nitrogen and oxygen atoms in total. The zero-order valence-corrected chi connectivity index (χ0v) is 9.91. The van der Waals surface area contributed by atoms with Crippen LogP contribution in [0.3, 0.4) is 0 Å². The summed E-state index contributed by atoms with van der Waals surface area (Å²) in [6.07, 6.45) is 7.21. The van der Waals surface area contributed by atoms with Crippen LogP contribution in [-0.4, -0.2) is 33.5 Å². The topological polar surface area (TPSA) is 52.8 Å². The second kappa shape index (κ2) is 6.10. The molecule has 0 amide bonds. The highest BCUT2D eigenvalue weighted by molar-refractivity contribution is 5.10. The van der Waals surface area contributed by atoms with Crippen LogP contribution in [0.25, 0.3) is 0 Å². The Morgan fingerprint density at radius 3 is 2.82 bits per heavy atom. The lowest BCUT2D eigenvalue weighted by Gasteiger charge is -2.05. The molecule has 2 heterocycles. The lowest BCUT2D eigenvalue weighted by Crippen LogP contribution is -2.08. The van der Waals surface area contributed by atoms with Gasteiger partial charge in [-0.25, -0.2) is 0 Å². The van der Waals surface area contributed by atoms with Gasteiger partial charge in [-0.3, -0.25) is 4.98 Å². The van der Waals surface area contributed by atoms with Gasteiger partial charge in [0.1, 0.15) is 12.2 Å². The van der Waals surface area contributed by atoms with E-state index in [-0.39, 0.29) is 0 Å². The van der Waals surface area contributed by atoms with Crippen LogP contribution in [0.1, 0.15) is 11.4 Å². The molecule has 0 atom stereocenters. The van der Waals surface area contributed by atoms with Gasteiger partial charge in [-0.2, -0.15) is 0 Å². The molecule has 2 aromatic rings. The Hall–Kier alpha value is -1.75. The summed E-state index contributed by atoms with van der Waals surface area (Å²) in [4.78, 5) is 4.00. The SMILES string of the molecule is COCCn1cnnc1CCc1ccncc1. The summed E-state index contributed by atoms with van der Waals surface area (Å²) in [6, 6.07) is 4.05. The number of aryl methyl sites for hydroxylation is 2. The Kier molecular flexibility index (Phi) is 4.21. The molecule has 0 aliphatic carbocycles. The summed E-state index contributed by atoms with van der Waals surface area (Å²) in [6.45, 7) is 1.48. The molecule has 0 unspecified atom stereocenters. The third kappa shape index (κ3) is 3.35. The van der Waals surface area contributed by atoms with Gasteiger partial charge in [0, 0.05) is 32.5 Å². The molecule has 0 radical (unpaired) electrons. The highest BCUT2D eigenvalue weighted by atomic mass is 16.5. The van der Waals surface area contributed by atoms with E-state index < -0.39 is 0 Å². The molecule has 0 spiro atoms. The standard InChI is InChI=1S/C12H16N4O/c1-17-9-8-16-10-14-15-12(16)3-2-11-4-6-13-7-5-11/h4-7,10H,2-3,8-9H2,1H3. The van der Waals surface area contributed by atoms with Crippen LogP contribution in [0.4, 0.5) is 0 Å². The lowest BCUT2D eigenvalue weighted by molar-refractivity contribution is 0.186. The van der Waals surface area contributed by atoms with Gasteiger partial charge in [0.25, 0.3) is 0 Å². The van der Waals surface area contributed by atoms with Crippen LogP contribution in [0.2, 0.25) is 0 Å². The summed E-state index contributed by atoms with van der Waals surface area (Å²) in [5.74, 6) is 0.999. The highest BCUT2D eigenvalue weighted by Gasteiger charge is 2.04. The van der Waals surface area contributed by atoms with Crippen LogP contribution in [0.5, 0.6) is 0 Å². The van der Waals surface area contributed by atoms with Crippen molar-refractivity contribution < 1.29 is 4.74 Å². The number of aromatic nitrogens is 4. The van der Waals surface area contributed by atoms with Crippen LogP contribution < -0.4 is 0 Å². The predicted octanol–water partition coefficient (Wildman–Crippen LogP) is 1.10. The predicted molar refractivity (Wildman–Crippen MR) is 63.5 cm³/mol. The minimum absolute atomic E-state index is 0.681. The van der Waals surface area contributed by atoms with E-state index in [0.717, 1.165) is 25.2 Å². The van der Waals surface area contributed by atoms with Gasteiger partial charge in [0.2, 0.25) is 0 Å². The first-order valence-corrected chi connectivity index (χ1v) is 5.64. The van der Waals surface area contributed by atoms with Crippen molar-refractivity contribution in [2.24, 2.45) is 0 Å². The molecule has 0 N–H and O–H groups in total. The second-order valence-electron chi connectivity index (χ2n) is 3.79. The van der Waals surface area contributed by atoms with Gasteiger partial charge in [-0.15, -0.1) is 10.2 Å². The Morgan fingerprint density at radius 1 is 1.24 bits per heavy atom. The Morgan fingerprint density at radius 2 is 2.06 bits per heavy atom. The minimum Gasteiger partial charge on any atom is -0.383 e. The average molecular weight is 232 g/mol. The number of hydrogen-bond donors (Lipinski definition) is 0. The largest absolute Gasteiger partial charge is 0.383 e. The molecule has 0 saturated heterocycles. The van der Waals surface area contributed by atoms with Crippen molar-refractivity contribution in [3.05, 3.63) is 42.2 Å². The van der Waals surface area contributed by atoms with Gasteiger partial charge in [-0.05, 0) is 24.1 Å². The Labute approximate surface area is 100 Å². The van der Waals surface area contributed by atoms with E-state index >= 15 is 0 Å². The van der Waals surface area contributed by atoms with Crippen LogP contribution in [-0.2, 0) is 24.1 Å². The van der Waals surface area contributed by atoms with Gasteiger partial charge in [0.15, 0.2) is 0 Å². The van der Waals surface area contributed by atoms with E-state index in [1.807, 2.05) is 29.1 Å². The van der Waals surface area contributed by atoms with Gasteiger partial charge >= 0.3 is 0 Å². The quantitative estimate of drug-likeness (QED) is 0.748. The molecule has 0 aliphatic heterocycles. The molecule has 2 rings (SSSR count). The molecule has 0 fully saturated rings. The Bertz CT molecular complexity index is 441. The first-order chi connectivity index (χ1) is 8.40. The molecular formula is C12H16N4O. The minimum atomic E-state index is 0.681. The van der Waals surface area contributed by atoms with E-state index in [0.29, 0.717) is 6.61 Å². The first kappa shape index (κ1) is 11.7. The number of rotatable bonds is 6. The number of ether oxygens (including phenoxy) is 1. The number of methoxy groups -OCH3 is 1. The molecule has 90 valence electrons. The molecule has 2 aromatic heterocycles. The fraction of sp³-hybridized carbons (Fsp3) is 0.417. The summed E-state index contributed by atoms with van der Waals surface area (Å²) in [7, 11) is 1.70. The van der Waals surface area contributed by atoms with Crippen molar-refractivity contribution in [1.82, 2.24) is 19.7 Å². The summed E-state index contributed by atoms with van der Waals surface area (Å²) >= 11 is 0. The Balaban J connectivity index is 1.92. The van der Waals surface area contributed by atoms with Gasteiger partial charge in [0.05, 0.1) is 6.61 Å². The molecule has 0 aromatic carbocycles. The van der Waals surface area contributed by atoms with E-state index in [4.69, 9.17) is 4.74 Å². The molecular weight excluding hydrogens is 216 g/mol. The molecule has 0 aliphatic rings. The number of nitrogens with zero attached hydrogens (tertiary/aromatic N) is 4. The third-order valence-electron chi connectivity index (χ3n) is 2.62. The van der Waals surface area contributed by atoms with Gasteiger partial charge in [-0.1, -0.05) is 0 Å². The normalized spacial score (nSPS) is 10.6. The third-order valence-corrected chi connectivity index (χ3v) is 2.62. The second-order valence-corrected chi connectivity index (χ2v) is 3.79. The summed E-state index contributed by atoms with van der Waals surface area (Å²) < 4.78 is 7.08. The van der Waals surface area contributed by atoms with Crippen molar-refractivity contribution in [2.75, 3.05) is 13.7 Å². The van der Waals surface area contributed by atoms with Crippen LogP contribution in [0.15, 0.2) is 30.9 Å². The number of hydrogen-bond acceptors (Lipinski definition) is 4. The first-order valence-electron chi connectivity index (χ1n) is 5.64. The monoisotopic (exact) mass is 232 g/mol. The van der Waals surface area contributed by atoms with Crippen molar-refractivity contribution in [1.29, 1.82) is 0 Å². The highest BCUT2D eigenvalue weighted by Crippen LogP contribution is 2.04. The van der Waals surface area contributed by atoms with Crippen LogP contribution in [0, 0.1) is 0 Å². The van der Waals surface area contributed by atoms with Crippen molar-refractivity contribution in [3.63, 3.8) is 0 Å². The molecule has 0 bridgehead atoms. The van der Waals surface area contributed by atoms with Crippen molar-refractivity contribution >= 4 is 0 Å². The van der Waals surface area contributed by atoms with Crippen molar-refractivity contribution in [3.8, 4) is 0 Å². The maximum atomic E-state index is 5.05. The van der Waals surface area contributed by atoms with Gasteiger partial charge < -0.3 is 9.30 Å².